The SMILES string of the molecule is [2H]C([2H])([2H])c1nc(-c2ccc(NC(=O)[C@H](O)c3cccc(Cl)c3)c(F)c2F)c2c(N)nc(C)cn12. The Bertz CT molecular complexity index is 1480. The minimum Gasteiger partial charge on any atom is -0.382 e. The number of aryl methyl sites for hydroxylation is 2. The van der Waals surface area contributed by atoms with Crippen molar-refractivity contribution in [2.45, 2.75) is 19.9 Å². The molecule has 4 aromatic rings. The quantitative estimate of drug-likeness (QED) is 0.423. The Hall–Kier alpha value is -3.56. The Morgan fingerprint density at radius 3 is 2.78 bits per heavy atom. The van der Waals surface area contributed by atoms with Crippen molar-refractivity contribution in [3.8, 4) is 11.3 Å². The van der Waals surface area contributed by atoms with Crippen LogP contribution in [-0.4, -0.2) is 25.4 Å². The zero-order chi connectivity index (χ0) is 25.7. The third-order valence-electron chi connectivity index (χ3n) is 4.77. The molecule has 0 aliphatic rings. The predicted molar refractivity (Wildman–Crippen MR) is 117 cm³/mol. The molecule has 32 heavy (non-hydrogen) atoms. The first-order valence-corrected chi connectivity index (χ1v) is 9.64. The highest BCUT2D eigenvalue weighted by molar-refractivity contribution is 6.30. The van der Waals surface area contributed by atoms with Crippen molar-refractivity contribution >= 4 is 34.5 Å². The van der Waals surface area contributed by atoms with Crippen molar-refractivity contribution in [2.24, 2.45) is 0 Å². The molecule has 0 radical (unpaired) electrons. The molecule has 10 heteroatoms. The van der Waals surface area contributed by atoms with Gasteiger partial charge in [0.2, 0.25) is 0 Å². The lowest BCUT2D eigenvalue weighted by atomic mass is 10.1. The van der Waals surface area contributed by atoms with Gasteiger partial charge in [-0.15, -0.1) is 0 Å². The Kier molecular flexibility index (Phi) is 4.61. The van der Waals surface area contributed by atoms with E-state index in [1.165, 1.54) is 28.8 Å². The minimum absolute atomic E-state index is 0.00631. The topological polar surface area (TPSA) is 106 Å². The van der Waals surface area contributed by atoms with Crippen LogP contribution in [0.4, 0.5) is 20.3 Å². The van der Waals surface area contributed by atoms with E-state index in [1.807, 2.05) is 0 Å². The first-order valence-electron chi connectivity index (χ1n) is 10.8. The molecule has 1 amide bonds. The van der Waals surface area contributed by atoms with Crippen molar-refractivity contribution < 1.29 is 22.8 Å². The van der Waals surface area contributed by atoms with E-state index in [4.69, 9.17) is 21.4 Å². The maximum Gasteiger partial charge on any atom is 0.257 e. The number of benzene rings is 2. The summed E-state index contributed by atoms with van der Waals surface area (Å²) in [5.41, 5.74) is 5.36. The van der Waals surface area contributed by atoms with Crippen LogP contribution in [0.3, 0.4) is 0 Å². The second kappa shape index (κ2) is 8.18. The number of aliphatic hydroxyl groups excluding tert-OH is 1. The first-order chi connectivity index (χ1) is 16.4. The third-order valence-corrected chi connectivity index (χ3v) is 5.01. The van der Waals surface area contributed by atoms with Crippen LogP contribution in [0.2, 0.25) is 5.02 Å². The van der Waals surface area contributed by atoms with Crippen LogP contribution in [0.5, 0.6) is 0 Å². The zero-order valence-corrected chi connectivity index (χ0v) is 17.3. The zero-order valence-electron chi connectivity index (χ0n) is 19.5. The van der Waals surface area contributed by atoms with Gasteiger partial charge in [0.25, 0.3) is 5.91 Å². The number of nitrogen functional groups attached to an aromatic ring is 1. The summed E-state index contributed by atoms with van der Waals surface area (Å²) in [4.78, 5) is 20.5. The Labute approximate surface area is 190 Å². The molecule has 0 unspecified atom stereocenters. The molecule has 2 aromatic heterocycles. The normalized spacial score (nSPS) is 14.0. The number of rotatable bonds is 4. The van der Waals surface area contributed by atoms with Gasteiger partial charge in [-0.2, -0.15) is 0 Å². The molecule has 0 spiro atoms. The van der Waals surface area contributed by atoms with Crippen LogP contribution < -0.4 is 11.1 Å². The van der Waals surface area contributed by atoms with E-state index < -0.39 is 42.0 Å². The van der Waals surface area contributed by atoms with Gasteiger partial charge in [0.05, 0.1) is 11.4 Å². The number of carbonyl (C=O) groups is 1. The molecule has 0 aliphatic heterocycles. The van der Waals surface area contributed by atoms with Gasteiger partial charge in [-0.25, -0.2) is 18.7 Å². The van der Waals surface area contributed by atoms with E-state index in [2.05, 4.69) is 15.3 Å². The van der Waals surface area contributed by atoms with E-state index in [-0.39, 0.29) is 33.2 Å². The Morgan fingerprint density at radius 1 is 1.28 bits per heavy atom. The van der Waals surface area contributed by atoms with E-state index in [0.717, 1.165) is 12.1 Å². The number of fused-ring (bicyclic) bond motifs is 1. The van der Waals surface area contributed by atoms with Gasteiger partial charge in [0.1, 0.15) is 22.9 Å². The number of nitrogens with two attached hydrogens (primary N) is 1. The summed E-state index contributed by atoms with van der Waals surface area (Å²) in [7, 11) is 0. The van der Waals surface area contributed by atoms with Crippen molar-refractivity contribution in [1.29, 1.82) is 0 Å². The first kappa shape index (κ1) is 18.1. The maximum atomic E-state index is 15.2. The molecular formula is C22H18ClF2N5O2. The van der Waals surface area contributed by atoms with Crippen LogP contribution in [0.1, 0.15) is 27.3 Å². The average molecular weight is 461 g/mol. The number of amides is 1. The highest BCUT2D eigenvalue weighted by atomic mass is 35.5. The molecule has 2 aromatic carbocycles. The smallest absolute Gasteiger partial charge is 0.257 e. The van der Waals surface area contributed by atoms with Gasteiger partial charge in [0, 0.05) is 20.9 Å². The molecule has 4 rings (SSSR count). The average Bonchev–Trinajstić information content (AvgIpc) is 3.16. The lowest BCUT2D eigenvalue weighted by molar-refractivity contribution is -0.124. The molecule has 164 valence electrons. The van der Waals surface area contributed by atoms with Crippen LogP contribution in [0.25, 0.3) is 16.8 Å². The second-order valence-electron chi connectivity index (χ2n) is 7.01. The molecule has 0 saturated carbocycles. The van der Waals surface area contributed by atoms with Crippen molar-refractivity contribution in [3.05, 3.63) is 76.3 Å². The molecule has 2 heterocycles. The van der Waals surface area contributed by atoms with Crippen LogP contribution in [0.15, 0.2) is 42.6 Å². The largest absolute Gasteiger partial charge is 0.382 e. The van der Waals surface area contributed by atoms with Gasteiger partial charge < -0.3 is 16.2 Å². The lowest BCUT2D eigenvalue weighted by Gasteiger charge is -2.13. The maximum absolute atomic E-state index is 15.2. The number of halogens is 3. The Balaban J connectivity index is 1.75. The van der Waals surface area contributed by atoms with Gasteiger partial charge in [-0.05, 0) is 43.6 Å². The number of nitrogens with zero attached hydrogens (tertiary/aromatic N) is 3. The predicted octanol–water partition coefficient (Wildman–Crippen LogP) is 4.20. The highest BCUT2D eigenvalue weighted by Crippen LogP contribution is 2.33. The second-order valence-corrected chi connectivity index (χ2v) is 7.44. The molecular weight excluding hydrogens is 440 g/mol. The minimum atomic E-state index is -2.68. The molecule has 7 nitrogen and oxygen atoms in total. The van der Waals surface area contributed by atoms with E-state index in [0.29, 0.717) is 5.69 Å². The van der Waals surface area contributed by atoms with Gasteiger partial charge in [0.15, 0.2) is 17.7 Å². The standard InChI is InChI=1S/C22H18ClF2N5O2/c1-10-9-30-11(2)28-18(19(30)21(26)27-10)14-6-7-15(17(25)16(14)24)29-22(32)20(31)12-4-3-5-13(23)8-12/h3-9,20,31H,1-2H3,(H2,26,27)(H,29,32)/t20-/m1/s1/i2D3. The Morgan fingerprint density at radius 2 is 2.06 bits per heavy atom. The van der Waals surface area contributed by atoms with E-state index in [9.17, 15) is 14.3 Å². The number of imidazole rings is 1. The number of aliphatic hydroxyl groups is 1. The van der Waals surface area contributed by atoms with Crippen molar-refractivity contribution in [2.75, 3.05) is 11.1 Å². The summed E-state index contributed by atoms with van der Waals surface area (Å²) in [5.74, 6) is -4.38. The van der Waals surface area contributed by atoms with Crippen LogP contribution in [0, 0.1) is 25.4 Å². The molecule has 4 N–H and O–H groups in total. The molecule has 0 bridgehead atoms. The fraction of sp³-hybridized carbons (Fsp3) is 0.136. The van der Waals surface area contributed by atoms with Gasteiger partial charge >= 0.3 is 0 Å². The van der Waals surface area contributed by atoms with Crippen LogP contribution in [-0.2, 0) is 4.79 Å². The van der Waals surface area contributed by atoms with Crippen LogP contribution >= 0.6 is 11.6 Å². The van der Waals surface area contributed by atoms with Gasteiger partial charge in [-0.1, -0.05) is 23.7 Å². The number of hydrogen-bond acceptors (Lipinski definition) is 5. The molecule has 0 saturated heterocycles. The summed E-state index contributed by atoms with van der Waals surface area (Å²) in [6.07, 6.45) is -0.312. The monoisotopic (exact) mass is 460 g/mol. The van der Waals surface area contributed by atoms with E-state index >= 15 is 4.39 Å². The van der Waals surface area contributed by atoms with Crippen molar-refractivity contribution in [3.63, 3.8) is 0 Å². The number of nitrogens with one attached hydrogen (secondary N) is 1. The summed E-state index contributed by atoms with van der Waals surface area (Å²) >= 11 is 5.86. The lowest BCUT2D eigenvalue weighted by Crippen LogP contribution is -2.21. The number of anilines is 2. The highest BCUT2D eigenvalue weighted by Gasteiger charge is 2.24. The molecule has 0 fully saturated rings. The summed E-state index contributed by atoms with van der Waals surface area (Å²) in [5, 5.41) is 12.7. The fourth-order valence-corrected chi connectivity index (χ4v) is 3.51. The van der Waals surface area contributed by atoms with Gasteiger partial charge in [-0.3, -0.25) is 9.20 Å². The summed E-state index contributed by atoms with van der Waals surface area (Å²) < 4.78 is 54.5. The third kappa shape index (κ3) is 3.76. The van der Waals surface area contributed by atoms with E-state index in [1.54, 1.807) is 13.0 Å². The number of carbonyl (C=O) groups excluding carboxylic acids is 1. The number of aromatic nitrogens is 3. The van der Waals surface area contributed by atoms with Crippen molar-refractivity contribution in [1.82, 2.24) is 14.4 Å². The molecule has 1 atom stereocenters. The summed E-state index contributed by atoms with van der Waals surface area (Å²) in [6, 6.07) is 8.05. The molecule has 0 aliphatic carbocycles. The summed E-state index contributed by atoms with van der Waals surface area (Å²) in [6.45, 7) is -1.09. The fourth-order valence-electron chi connectivity index (χ4n) is 3.31. The number of hydrogen-bond donors (Lipinski definition) is 3.